The zero-order chi connectivity index (χ0) is 17.8. The maximum Gasteiger partial charge on any atom is 0.328 e. The number of allylic oxidation sites excluding steroid dienone is 1. The van der Waals surface area contributed by atoms with Crippen LogP contribution in [-0.2, 0) is 10.0 Å². The van der Waals surface area contributed by atoms with Crippen LogP contribution < -0.4 is 10.0 Å². The highest BCUT2D eigenvalue weighted by atomic mass is 35.5. The van der Waals surface area contributed by atoms with Crippen LogP contribution in [0.15, 0.2) is 29.2 Å². The second-order valence-corrected chi connectivity index (χ2v) is 8.76. The molecule has 0 heterocycles. The molecule has 1 aromatic rings. The van der Waals surface area contributed by atoms with E-state index in [0.29, 0.717) is 10.6 Å². The first-order chi connectivity index (χ1) is 10.4. The van der Waals surface area contributed by atoms with Crippen molar-refractivity contribution >= 4 is 33.7 Å². The molecule has 1 atom stereocenters. The second-order valence-electron chi connectivity index (χ2n) is 6.47. The summed E-state index contributed by atoms with van der Waals surface area (Å²) in [6.07, 6.45) is 1.47. The van der Waals surface area contributed by atoms with Crippen molar-refractivity contribution < 1.29 is 13.2 Å². The van der Waals surface area contributed by atoms with Gasteiger partial charge in [0.2, 0.25) is 0 Å². The van der Waals surface area contributed by atoms with Crippen molar-refractivity contribution in [1.29, 1.82) is 0 Å². The third kappa shape index (κ3) is 6.23. The van der Waals surface area contributed by atoms with Gasteiger partial charge in [0, 0.05) is 11.1 Å². The zero-order valence-electron chi connectivity index (χ0n) is 14.0. The first-order valence-corrected chi connectivity index (χ1v) is 9.05. The van der Waals surface area contributed by atoms with Crippen LogP contribution in [0.1, 0.15) is 40.2 Å². The van der Waals surface area contributed by atoms with E-state index < -0.39 is 16.1 Å². The van der Waals surface area contributed by atoms with Gasteiger partial charge in [-0.1, -0.05) is 44.5 Å². The Morgan fingerprint density at radius 1 is 1.22 bits per heavy atom. The molecule has 1 aromatic carbocycles. The quantitative estimate of drug-likeness (QED) is 0.860. The minimum atomic E-state index is -3.89. The highest BCUT2D eigenvalue weighted by molar-refractivity contribution is 7.94. The standard InChI is InChI=1S/C16H23ClN2O3S/c1-11(10-13-6-8-14(17)9-7-13)23(21,22)19-15(20)18-12(2)16(3,4)5/h6-10,12H,1-5H3,(H2,18,19,20). The van der Waals surface area contributed by atoms with Crippen molar-refractivity contribution in [1.82, 2.24) is 10.0 Å². The number of rotatable bonds is 4. The number of carbonyl (C=O) groups is 1. The number of halogens is 1. The Bertz CT molecular complexity index is 689. The molecule has 0 aliphatic heterocycles. The van der Waals surface area contributed by atoms with Crippen LogP contribution in [0.4, 0.5) is 4.79 Å². The van der Waals surface area contributed by atoms with E-state index in [1.807, 2.05) is 32.4 Å². The van der Waals surface area contributed by atoms with E-state index in [2.05, 4.69) is 5.32 Å². The molecule has 0 saturated heterocycles. The van der Waals surface area contributed by atoms with Gasteiger partial charge < -0.3 is 5.32 Å². The molecule has 128 valence electrons. The average molecular weight is 359 g/mol. The number of carbonyl (C=O) groups excluding carboxylic acids is 1. The molecular formula is C16H23ClN2O3S. The largest absolute Gasteiger partial charge is 0.334 e. The predicted octanol–water partition coefficient (Wildman–Crippen LogP) is 3.76. The Morgan fingerprint density at radius 3 is 2.22 bits per heavy atom. The lowest BCUT2D eigenvalue weighted by molar-refractivity contribution is 0.227. The lowest BCUT2D eigenvalue weighted by Gasteiger charge is -2.27. The van der Waals surface area contributed by atoms with Crippen molar-refractivity contribution in [3.63, 3.8) is 0 Å². The van der Waals surface area contributed by atoms with E-state index in [-0.39, 0.29) is 16.4 Å². The van der Waals surface area contributed by atoms with Crippen LogP contribution in [0.2, 0.25) is 5.02 Å². The molecule has 1 unspecified atom stereocenters. The molecule has 0 bridgehead atoms. The fraction of sp³-hybridized carbons (Fsp3) is 0.438. The summed E-state index contributed by atoms with van der Waals surface area (Å²) < 4.78 is 26.4. The van der Waals surface area contributed by atoms with Gasteiger partial charge in [0.1, 0.15) is 0 Å². The number of urea groups is 1. The van der Waals surface area contributed by atoms with Gasteiger partial charge in [-0.3, -0.25) is 0 Å². The molecule has 0 saturated carbocycles. The van der Waals surface area contributed by atoms with E-state index in [4.69, 9.17) is 11.6 Å². The molecule has 0 radical (unpaired) electrons. The number of sulfonamides is 1. The average Bonchev–Trinajstić information content (AvgIpc) is 2.39. The summed E-state index contributed by atoms with van der Waals surface area (Å²) in [4.78, 5) is 11.9. The first kappa shape index (κ1) is 19.5. The molecule has 0 aliphatic rings. The Kier molecular flexibility index (Phi) is 6.25. The summed E-state index contributed by atoms with van der Waals surface area (Å²) in [6.45, 7) is 9.12. The van der Waals surface area contributed by atoms with Gasteiger partial charge >= 0.3 is 6.03 Å². The van der Waals surface area contributed by atoms with Gasteiger partial charge in [-0.2, -0.15) is 0 Å². The summed E-state index contributed by atoms with van der Waals surface area (Å²) in [7, 11) is -3.89. The lowest BCUT2D eigenvalue weighted by Crippen LogP contribution is -2.48. The number of hydrogen-bond acceptors (Lipinski definition) is 3. The van der Waals surface area contributed by atoms with E-state index in [1.165, 1.54) is 13.0 Å². The Morgan fingerprint density at radius 2 is 1.74 bits per heavy atom. The third-order valence-corrected chi connectivity index (χ3v) is 5.21. The molecule has 7 heteroatoms. The minimum Gasteiger partial charge on any atom is -0.334 e. The van der Waals surface area contributed by atoms with Gasteiger partial charge in [-0.05, 0) is 43.0 Å². The molecular weight excluding hydrogens is 336 g/mol. The molecule has 0 fully saturated rings. The summed E-state index contributed by atoms with van der Waals surface area (Å²) in [5.41, 5.74) is 0.510. The SMILES string of the molecule is CC(=Cc1ccc(Cl)cc1)S(=O)(=O)NC(=O)NC(C)C(C)(C)C. The van der Waals surface area contributed by atoms with Gasteiger partial charge in [-0.25, -0.2) is 17.9 Å². The van der Waals surface area contributed by atoms with Gasteiger partial charge in [-0.15, -0.1) is 0 Å². The second kappa shape index (κ2) is 7.36. The van der Waals surface area contributed by atoms with E-state index in [0.717, 1.165) is 0 Å². The van der Waals surface area contributed by atoms with Crippen LogP contribution >= 0.6 is 11.6 Å². The Balaban J connectivity index is 2.82. The van der Waals surface area contributed by atoms with Crippen molar-refractivity contribution in [2.45, 2.75) is 40.7 Å². The molecule has 2 N–H and O–H groups in total. The van der Waals surface area contributed by atoms with Crippen LogP contribution in [-0.4, -0.2) is 20.5 Å². The zero-order valence-corrected chi connectivity index (χ0v) is 15.5. The lowest BCUT2D eigenvalue weighted by atomic mass is 9.88. The van der Waals surface area contributed by atoms with E-state index in [1.54, 1.807) is 24.3 Å². The molecule has 0 spiro atoms. The monoisotopic (exact) mass is 358 g/mol. The van der Waals surface area contributed by atoms with Crippen molar-refractivity contribution in [2.24, 2.45) is 5.41 Å². The summed E-state index contributed by atoms with van der Waals surface area (Å²) in [5, 5.41) is 3.19. The smallest absolute Gasteiger partial charge is 0.328 e. The van der Waals surface area contributed by atoms with Crippen molar-refractivity contribution in [3.05, 3.63) is 39.8 Å². The van der Waals surface area contributed by atoms with E-state index in [9.17, 15) is 13.2 Å². The van der Waals surface area contributed by atoms with Gasteiger partial charge in [0.25, 0.3) is 10.0 Å². The fourth-order valence-corrected chi connectivity index (χ4v) is 2.40. The minimum absolute atomic E-state index is 0.0402. The third-order valence-electron chi connectivity index (χ3n) is 3.54. The summed E-state index contributed by atoms with van der Waals surface area (Å²) in [5.74, 6) is 0. The number of benzene rings is 1. The van der Waals surface area contributed by atoms with E-state index >= 15 is 0 Å². The molecule has 1 rings (SSSR count). The van der Waals surface area contributed by atoms with Gasteiger partial charge in [0.05, 0.1) is 4.91 Å². The Hall–Kier alpha value is -1.53. The number of hydrogen-bond donors (Lipinski definition) is 2. The van der Waals surface area contributed by atoms with Crippen molar-refractivity contribution in [3.8, 4) is 0 Å². The van der Waals surface area contributed by atoms with Crippen molar-refractivity contribution in [2.75, 3.05) is 0 Å². The first-order valence-electron chi connectivity index (χ1n) is 7.19. The number of nitrogens with one attached hydrogen (secondary N) is 2. The topological polar surface area (TPSA) is 75.3 Å². The highest BCUT2D eigenvalue weighted by Crippen LogP contribution is 2.18. The van der Waals surface area contributed by atoms with Crippen LogP contribution in [0.3, 0.4) is 0 Å². The summed E-state index contributed by atoms with van der Waals surface area (Å²) in [6, 6.07) is 5.80. The van der Waals surface area contributed by atoms with Gasteiger partial charge in [0.15, 0.2) is 0 Å². The summed E-state index contributed by atoms with van der Waals surface area (Å²) >= 11 is 5.79. The fourth-order valence-electron chi connectivity index (χ4n) is 1.52. The number of amides is 2. The van der Waals surface area contributed by atoms with Crippen LogP contribution in [0.25, 0.3) is 6.08 Å². The molecule has 0 aromatic heterocycles. The Labute approximate surface area is 143 Å². The maximum absolute atomic E-state index is 12.2. The normalized spacial score (nSPS) is 14.3. The highest BCUT2D eigenvalue weighted by Gasteiger charge is 2.24. The maximum atomic E-state index is 12.2. The van der Waals surface area contributed by atoms with Crippen LogP contribution in [0.5, 0.6) is 0 Å². The molecule has 5 nitrogen and oxygen atoms in total. The molecule has 2 amide bonds. The molecule has 0 aliphatic carbocycles. The predicted molar refractivity (Wildman–Crippen MR) is 94.6 cm³/mol. The van der Waals surface area contributed by atoms with Crippen LogP contribution in [0, 0.1) is 5.41 Å². The molecule has 23 heavy (non-hydrogen) atoms.